The van der Waals surface area contributed by atoms with Gasteiger partial charge in [-0.05, 0) is 0 Å². The molecule has 0 aliphatic rings. The van der Waals surface area contributed by atoms with Gasteiger partial charge in [0.2, 0.25) is 0 Å². The van der Waals surface area contributed by atoms with Gasteiger partial charge in [0, 0.05) is 0 Å². The quantitative estimate of drug-likeness (QED) is 0.748. The van der Waals surface area contributed by atoms with Gasteiger partial charge in [-0.1, -0.05) is 0 Å². The van der Waals surface area contributed by atoms with E-state index in [1.54, 1.807) is 7.16 Å². The average Bonchev–Trinajstić information content (AvgIpc) is 2.78. The van der Waals surface area contributed by atoms with E-state index in [0.29, 0.717) is 0 Å². The van der Waals surface area contributed by atoms with Crippen LogP contribution in [0.1, 0.15) is 0 Å². The maximum absolute atomic E-state index is 2.48. The first-order valence-electron chi connectivity index (χ1n) is 4.26. The van der Waals surface area contributed by atoms with Crippen molar-refractivity contribution in [3.63, 3.8) is 0 Å². The van der Waals surface area contributed by atoms with Gasteiger partial charge < -0.3 is 0 Å². The van der Waals surface area contributed by atoms with Crippen LogP contribution >= 0.6 is 22.7 Å². The molecule has 0 N–H and O–H groups in total. The molecule has 0 fully saturated rings. The van der Waals surface area contributed by atoms with Crippen LogP contribution in [0.3, 0.4) is 0 Å². The van der Waals surface area contributed by atoms with Crippen LogP contribution in [0.15, 0.2) is 33.7 Å². The third-order valence-electron chi connectivity index (χ3n) is 2.49. The maximum atomic E-state index is 2.48. The molecule has 68 valence electrons. The summed E-state index contributed by atoms with van der Waals surface area (Å²) in [6, 6.07) is 4.61. The van der Waals surface area contributed by atoms with Crippen molar-refractivity contribution in [2.45, 2.75) is 9.88 Å². The molecular formula is C10H12S2Sn. The molecule has 2 aromatic heterocycles. The van der Waals surface area contributed by atoms with Gasteiger partial charge in [0.05, 0.1) is 0 Å². The van der Waals surface area contributed by atoms with Crippen molar-refractivity contribution >= 4 is 48.2 Å². The SMILES string of the molecule is [CH3][Sn]([CH3])([c]1ccsc1)[c]1ccsc1. The van der Waals surface area contributed by atoms with Crippen LogP contribution in [-0.4, -0.2) is 18.4 Å². The first-order valence-corrected chi connectivity index (χ1v) is 14.7. The molecule has 0 unspecified atom stereocenters. The predicted molar refractivity (Wildman–Crippen MR) is 65.4 cm³/mol. The van der Waals surface area contributed by atoms with Crippen LogP contribution < -0.4 is 7.16 Å². The molecule has 0 nitrogen and oxygen atoms in total. The van der Waals surface area contributed by atoms with Crippen molar-refractivity contribution < 1.29 is 0 Å². The molecule has 3 heteroatoms. The first kappa shape index (κ1) is 9.74. The normalized spacial score (nSPS) is 11.8. The van der Waals surface area contributed by atoms with Gasteiger partial charge >= 0.3 is 91.7 Å². The summed E-state index contributed by atoms with van der Waals surface area (Å²) in [7, 11) is 0. The molecule has 0 aliphatic carbocycles. The number of hydrogen-bond acceptors (Lipinski definition) is 2. The molecule has 2 heterocycles. The van der Waals surface area contributed by atoms with Crippen LogP contribution in [0.4, 0.5) is 0 Å². The van der Waals surface area contributed by atoms with Crippen molar-refractivity contribution in [3.8, 4) is 0 Å². The van der Waals surface area contributed by atoms with Crippen molar-refractivity contribution in [1.29, 1.82) is 0 Å². The molecule has 0 bridgehead atoms. The van der Waals surface area contributed by atoms with E-state index in [9.17, 15) is 0 Å². The Kier molecular flexibility index (Phi) is 2.81. The zero-order valence-electron chi connectivity index (χ0n) is 7.78. The summed E-state index contributed by atoms with van der Waals surface area (Å²) in [4.78, 5) is 4.97. The van der Waals surface area contributed by atoms with Crippen LogP contribution in [0.25, 0.3) is 0 Å². The van der Waals surface area contributed by atoms with Gasteiger partial charge in [-0.15, -0.1) is 0 Å². The van der Waals surface area contributed by atoms with E-state index in [2.05, 4.69) is 43.5 Å². The van der Waals surface area contributed by atoms with Gasteiger partial charge in [-0.25, -0.2) is 0 Å². The summed E-state index contributed by atoms with van der Waals surface area (Å²) in [5, 5.41) is 9.04. The minimum atomic E-state index is -2.10. The third-order valence-corrected chi connectivity index (χ3v) is 15.1. The summed E-state index contributed by atoms with van der Waals surface area (Å²) >= 11 is 1.54. The van der Waals surface area contributed by atoms with E-state index in [-0.39, 0.29) is 0 Å². The van der Waals surface area contributed by atoms with Gasteiger partial charge in [0.15, 0.2) is 0 Å². The Morgan fingerprint density at radius 1 is 0.923 bits per heavy atom. The first-order chi connectivity index (χ1) is 6.21. The van der Waals surface area contributed by atoms with Crippen LogP contribution in [0, 0.1) is 0 Å². The molecule has 0 aromatic carbocycles. The fourth-order valence-electron chi connectivity index (χ4n) is 1.41. The van der Waals surface area contributed by atoms with Gasteiger partial charge in [-0.3, -0.25) is 0 Å². The fourth-order valence-corrected chi connectivity index (χ4v) is 13.8. The molecule has 2 rings (SSSR count). The summed E-state index contributed by atoms with van der Waals surface area (Å²) in [6.45, 7) is 0. The summed E-state index contributed by atoms with van der Waals surface area (Å²) < 4.78 is 3.25. The Labute approximate surface area is 91.1 Å². The Morgan fingerprint density at radius 2 is 1.38 bits per heavy atom. The number of thiophene rings is 2. The summed E-state index contributed by atoms with van der Waals surface area (Å²) in [6.07, 6.45) is 0. The van der Waals surface area contributed by atoms with Crippen LogP contribution in [-0.2, 0) is 0 Å². The fraction of sp³-hybridized carbons (Fsp3) is 0.200. The van der Waals surface area contributed by atoms with Crippen LogP contribution in [0.2, 0.25) is 9.88 Å². The Morgan fingerprint density at radius 3 is 1.69 bits per heavy atom. The number of rotatable bonds is 2. The Balaban J connectivity index is 2.42. The predicted octanol–water partition coefficient (Wildman–Crippen LogP) is 2.63. The molecule has 2 aromatic rings. The molecule has 0 radical (unpaired) electrons. The molecule has 13 heavy (non-hydrogen) atoms. The molecule has 0 saturated carbocycles. The summed E-state index contributed by atoms with van der Waals surface area (Å²) in [5.74, 6) is 0. The van der Waals surface area contributed by atoms with Crippen molar-refractivity contribution in [2.75, 3.05) is 0 Å². The monoisotopic (exact) mass is 316 g/mol. The van der Waals surface area contributed by atoms with E-state index in [1.807, 2.05) is 22.7 Å². The van der Waals surface area contributed by atoms with Gasteiger partial charge in [-0.2, -0.15) is 0 Å². The number of hydrogen-bond donors (Lipinski definition) is 0. The third kappa shape index (κ3) is 1.85. The van der Waals surface area contributed by atoms with Crippen molar-refractivity contribution in [3.05, 3.63) is 33.7 Å². The molecule has 0 atom stereocenters. The topological polar surface area (TPSA) is 0 Å². The zero-order valence-corrected chi connectivity index (χ0v) is 12.3. The van der Waals surface area contributed by atoms with Gasteiger partial charge in [0.25, 0.3) is 0 Å². The standard InChI is InChI=1S/2C4H3S.2CH3.Sn/c2*1-2-4-5-3-1;;;/h2*1,3-4H;2*1H3;. The Bertz CT molecular complexity index is 323. The molecule has 0 aliphatic heterocycles. The second-order valence-corrected chi connectivity index (χ2v) is 17.8. The average molecular weight is 315 g/mol. The van der Waals surface area contributed by atoms with E-state index in [0.717, 1.165) is 0 Å². The van der Waals surface area contributed by atoms with Crippen molar-refractivity contribution in [1.82, 2.24) is 0 Å². The Hall–Kier alpha value is 0.199. The second-order valence-electron chi connectivity index (χ2n) is 3.65. The molecular weight excluding hydrogens is 303 g/mol. The van der Waals surface area contributed by atoms with E-state index < -0.39 is 18.4 Å². The molecule has 0 amide bonds. The van der Waals surface area contributed by atoms with Crippen LogP contribution in [0.5, 0.6) is 0 Å². The van der Waals surface area contributed by atoms with E-state index in [4.69, 9.17) is 0 Å². The van der Waals surface area contributed by atoms with E-state index >= 15 is 0 Å². The van der Waals surface area contributed by atoms with Gasteiger partial charge in [0.1, 0.15) is 0 Å². The van der Waals surface area contributed by atoms with E-state index in [1.165, 1.54) is 0 Å². The second kappa shape index (κ2) is 3.75. The molecule has 0 spiro atoms. The molecule has 0 saturated heterocycles. The summed E-state index contributed by atoms with van der Waals surface area (Å²) in [5.41, 5.74) is 0. The minimum absolute atomic E-state index is 1.62. The van der Waals surface area contributed by atoms with Crippen molar-refractivity contribution in [2.24, 2.45) is 0 Å². The zero-order chi connectivity index (χ0) is 9.31.